The Morgan fingerprint density at radius 2 is 1.73 bits per heavy atom. The number of fused-ring (bicyclic) bond motifs is 4. The number of methoxy groups -OCH3 is 1. The van der Waals surface area contributed by atoms with E-state index in [-0.39, 0.29) is 68.2 Å². The summed E-state index contributed by atoms with van der Waals surface area (Å²) in [5.74, 6) is 1.21. The van der Waals surface area contributed by atoms with Gasteiger partial charge >= 0.3 is 6.01 Å². The Hall–Kier alpha value is -4.41. The van der Waals surface area contributed by atoms with Gasteiger partial charge in [-0.25, -0.2) is 22.5 Å². The second-order valence-electron chi connectivity index (χ2n) is 15.1. The van der Waals surface area contributed by atoms with Gasteiger partial charge in [-0.2, -0.15) is 9.97 Å². The number of nitrogens with zero attached hydrogens (tertiary/aromatic N) is 5. The number of alkyl halides is 2. The van der Waals surface area contributed by atoms with E-state index in [0.29, 0.717) is 56.8 Å². The van der Waals surface area contributed by atoms with E-state index in [9.17, 15) is 18.3 Å². The van der Waals surface area contributed by atoms with E-state index in [0.717, 1.165) is 32.2 Å². The van der Waals surface area contributed by atoms with Crippen LogP contribution in [0.3, 0.4) is 0 Å². The van der Waals surface area contributed by atoms with Gasteiger partial charge in [0.1, 0.15) is 46.3 Å². The molecule has 4 atom stereocenters. The predicted molar refractivity (Wildman–Crippen MR) is 184 cm³/mol. The number of phenolic OH excluding ortho intramolecular Hbond substituents is 1. The molecule has 2 bridgehead atoms. The first-order chi connectivity index (χ1) is 24.6. The van der Waals surface area contributed by atoms with Gasteiger partial charge in [0.15, 0.2) is 5.82 Å². The Kier molecular flexibility index (Phi) is 7.53. The van der Waals surface area contributed by atoms with Gasteiger partial charge in [-0.15, -0.1) is 6.42 Å². The Morgan fingerprint density at radius 1 is 1.00 bits per heavy atom. The van der Waals surface area contributed by atoms with Crippen LogP contribution in [-0.2, 0) is 0 Å². The van der Waals surface area contributed by atoms with Crippen LogP contribution in [0.4, 0.5) is 23.4 Å². The molecular weight excluding hydrogens is 664 g/mol. The molecular formula is C38H38F4N6O3. The molecule has 5 fully saturated rings. The van der Waals surface area contributed by atoms with E-state index >= 15 is 4.39 Å². The molecule has 9 nitrogen and oxygen atoms in total. The molecule has 2 N–H and O–H groups in total. The van der Waals surface area contributed by atoms with Crippen LogP contribution in [0.5, 0.6) is 17.6 Å². The van der Waals surface area contributed by atoms with Crippen LogP contribution < -0.4 is 19.7 Å². The van der Waals surface area contributed by atoms with E-state index in [4.69, 9.17) is 20.9 Å². The summed E-state index contributed by atoms with van der Waals surface area (Å²) >= 11 is 0. The zero-order valence-electron chi connectivity index (χ0n) is 28.2. The van der Waals surface area contributed by atoms with Gasteiger partial charge in [-0.1, -0.05) is 12.0 Å². The number of piperidine rings is 1. The zero-order valence-corrected chi connectivity index (χ0v) is 28.2. The number of benzene rings is 2. The number of anilines is 1. The van der Waals surface area contributed by atoms with Crippen LogP contribution in [0.25, 0.3) is 32.9 Å². The molecule has 5 heterocycles. The Morgan fingerprint density at radius 3 is 2.37 bits per heavy atom. The fourth-order valence-corrected chi connectivity index (χ4v) is 8.73. The van der Waals surface area contributed by atoms with Gasteiger partial charge in [0.05, 0.1) is 19.3 Å². The second-order valence-corrected chi connectivity index (χ2v) is 15.1. The maximum atomic E-state index is 17.1. The molecule has 5 aliphatic rings. The summed E-state index contributed by atoms with van der Waals surface area (Å²) < 4.78 is 72.1. The molecule has 2 saturated carbocycles. The van der Waals surface area contributed by atoms with E-state index < -0.39 is 29.4 Å². The summed E-state index contributed by atoms with van der Waals surface area (Å²) in [5.41, 5.74) is -1.26. The van der Waals surface area contributed by atoms with Crippen molar-refractivity contribution in [2.75, 3.05) is 51.3 Å². The number of terminal acetylenes is 1. The first kappa shape index (κ1) is 32.5. The van der Waals surface area contributed by atoms with Crippen molar-refractivity contribution in [3.05, 3.63) is 41.5 Å². The Balaban J connectivity index is 1.11. The smallest absolute Gasteiger partial charge is 0.319 e. The van der Waals surface area contributed by atoms with Crippen molar-refractivity contribution in [1.29, 1.82) is 0 Å². The fraction of sp³-hybridized carbons (Fsp3) is 0.500. The van der Waals surface area contributed by atoms with Crippen LogP contribution in [0, 0.1) is 34.8 Å². The van der Waals surface area contributed by atoms with Crippen molar-refractivity contribution in [1.82, 2.24) is 25.2 Å². The normalized spacial score (nSPS) is 26.1. The molecule has 2 aromatic heterocycles. The fourth-order valence-electron chi connectivity index (χ4n) is 8.73. The summed E-state index contributed by atoms with van der Waals surface area (Å²) in [6.07, 6.45) is 7.92. The molecule has 51 heavy (non-hydrogen) atoms. The van der Waals surface area contributed by atoms with Gasteiger partial charge in [-0.3, -0.25) is 0 Å². The Bertz CT molecular complexity index is 2090. The molecule has 4 unspecified atom stereocenters. The van der Waals surface area contributed by atoms with E-state index in [1.807, 2.05) is 0 Å². The minimum Gasteiger partial charge on any atom is -0.508 e. The third-order valence-electron chi connectivity index (χ3n) is 11.9. The molecule has 4 aromatic rings. The average molecular weight is 703 g/mol. The summed E-state index contributed by atoms with van der Waals surface area (Å²) in [7, 11) is 1.43. The SMILES string of the molecule is C#Cc1c(F)ccc2cc(O)cc(-c3nc(OC)c4c(N5CC6CCC(C5)N6)nc(OCC5(CN6CCC7(CC6)C(F)C7F)CC5)nc4c3F)c12. The maximum absolute atomic E-state index is 17.1. The summed E-state index contributed by atoms with van der Waals surface area (Å²) in [6.45, 7) is 3.57. The summed E-state index contributed by atoms with van der Waals surface area (Å²) in [4.78, 5) is 18.4. The van der Waals surface area contributed by atoms with Crippen LogP contribution in [0.15, 0.2) is 24.3 Å². The number of aromatic hydroxyl groups is 1. The van der Waals surface area contributed by atoms with Crippen molar-refractivity contribution in [2.24, 2.45) is 10.8 Å². The van der Waals surface area contributed by atoms with Gasteiger partial charge in [0.25, 0.3) is 0 Å². The first-order valence-electron chi connectivity index (χ1n) is 17.6. The zero-order chi connectivity index (χ0) is 35.2. The lowest BCUT2D eigenvalue weighted by atomic mass is 9.92. The molecule has 3 aliphatic heterocycles. The third-order valence-corrected chi connectivity index (χ3v) is 11.9. The van der Waals surface area contributed by atoms with Crippen molar-refractivity contribution in [2.45, 2.75) is 63.0 Å². The van der Waals surface area contributed by atoms with Crippen LogP contribution in [0.2, 0.25) is 0 Å². The first-order valence-corrected chi connectivity index (χ1v) is 17.6. The topological polar surface area (TPSA) is 95.9 Å². The lowest BCUT2D eigenvalue weighted by molar-refractivity contribution is 0.102. The molecule has 266 valence electrons. The molecule has 13 heteroatoms. The number of pyridine rings is 1. The Labute approximate surface area is 292 Å². The number of likely N-dealkylation sites (tertiary alicyclic amines) is 1. The molecule has 1 spiro atoms. The second kappa shape index (κ2) is 11.8. The van der Waals surface area contributed by atoms with Gasteiger partial charge in [0, 0.05) is 53.5 Å². The minimum absolute atomic E-state index is 0.00000239. The maximum Gasteiger partial charge on any atom is 0.319 e. The van der Waals surface area contributed by atoms with Crippen LogP contribution >= 0.6 is 0 Å². The van der Waals surface area contributed by atoms with Crippen molar-refractivity contribution in [3.63, 3.8) is 0 Å². The largest absolute Gasteiger partial charge is 0.508 e. The summed E-state index contributed by atoms with van der Waals surface area (Å²) in [6, 6.07) is 5.88. The number of aromatic nitrogens is 3. The highest BCUT2D eigenvalue weighted by atomic mass is 19.2. The molecule has 0 amide bonds. The van der Waals surface area contributed by atoms with Crippen molar-refractivity contribution in [3.8, 4) is 41.2 Å². The molecule has 2 aliphatic carbocycles. The highest BCUT2D eigenvalue weighted by Crippen LogP contribution is 2.58. The number of ether oxygens (including phenoxy) is 2. The van der Waals surface area contributed by atoms with Gasteiger partial charge in [-0.05, 0) is 75.2 Å². The van der Waals surface area contributed by atoms with Crippen LogP contribution in [0.1, 0.15) is 44.1 Å². The van der Waals surface area contributed by atoms with Crippen molar-refractivity contribution < 1.29 is 32.1 Å². The number of phenols is 1. The minimum atomic E-state index is -1.34. The lowest BCUT2D eigenvalue weighted by Crippen LogP contribution is -2.51. The van der Waals surface area contributed by atoms with E-state index in [1.165, 1.54) is 31.4 Å². The van der Waals surface area contributed by atoms with Gasteiger partial charge in [0.2, 0.25) is 5.88 Å². The standard InChI is InChI=1S/C38H38F4N6O3/c1-3-24-26(39)7-4-20-14-23(49)15-25(27(20)24)30-29(40)31-28(35(44-30)50-2)34(48-16-21-5-6-22(17-48)43-21)46-36(45-31)51-19-37(8-9-37)18-47-12-10-38(11-13-47)32(41)33(38)42/h1,4,7,14-15,21-22,32-33,43,49H,5-6,8-13,16-19H2,2H3. The molecule has 2 aromatic carbocycles. The quantitative estimate of drug-likeness (QED) is 0.178. The highest BCUT2D eigenvalue weighted by molar-refractivity contribution is 6.04. The summed E-state index contributed by atoms with van der Waals surface area (Å²) in [5, 5.41) is 15.2. The average Bonchev–Trinajstić information content (AvgIpc) is 3.97. The van der Waals surface area contributed by atoms with Gasteiger partial charge < -0.3 is 29.7 Å². The number of piperazine rings is 1. The number of nitrogens with one attached hydrogen (secondary N) is 1. The molecule has 9 rings (SSSR count). The molecule has 0 radical (unpaired) electrons. The van der Waals surface area contributed by atoms with Crippen molar-refractivity contribution >= 4 is 27.5 Å². The van der Waals surface area contributed by atoms with Crippen LogP contribution in [-0.4, -0.2) is 95.8 Å². The number of rotatable bonds is 8. The number of halogens is 4. The predicted octanol–water partition coefficient (Wildman–Crippen LogP) is 5.69. The number of hydrogen-bond acceptors (Lipinski definition) is 9. The monoisotopic (exact) mass is 702 g/mol. The highest BCUT2D eigenvalue weighted by Gasteiger charge is 2.67. The van der Waals surface area contributed by atoms with E-state index in [1.54, 1.807) is 0 Å². The molecule has 3 saturated heterocycles. The lowest BCUT2D eigenvalue weighted by Gasteiger charge is -2.35. The third kappa shape index (κ3) is 5.32. The van der Waals surface area contributed by atoms with E-state index in [2.05, 4.69) is 31.0 Å². The number of hydrogen-bond donors (Lipinski definition) is 2.